The van der Waals surface area contributed by atoms with E-state index in [1.54, 1.807) is 0 Å². The minimum atomic E-state index is 0.779. The van der Waals surface area contributed by atoms with Crippen LogP contribution in [0.5, 0.6) is 0 Å². The van der Waals surface area contributed by atoms with E-state index in [0.717, 1.165) is 49.0 Å². The molecule has 1 aromatic carbocycles. The normalized spacial score (nSPS) is 15.4. The number of hydrogen-bond donors (Lipinski definition) is 0. The number of anilines is 1. The van der Waals surface area contributed by atoms with Crippen LogP contribution in [0.3, 0.4) is 0 Å². The van der Waals surface area contributed by atoms with Gasteiger partial charge in [0.1, 0.15) is 5.69 Å². The van der Waals surface area contributed by atoms with Crippen LogP contribution in [-0.4, -0.2) is 40.7 Å². The van der Waals surface area contributed by atoms with Crippen LogP contribution in [0, 0.1) is 12.3 Å². The van der Waals surface area contributed by atoms with Gasteiger partial charge in [-0.3, -0.25) is 4.90 Å². The molecule has 0 bridgehead atoms. The van der Waals surface area contributed by atoms with Crippen LogP contribution in [-0.2, 0) is 6.54 Å². The highest BCUT2D eigenvalue weighted by molar-refractivity contribution is 6.30. The second-order valence-electron chi connectivity index (χ2n) is 6.26. The predicted molar refractivity (Wildman–Crippen MR) is 102 cm³/mol. The van der Waals surface area contributed by atoms with Gasteiger partial charge in [-0.05, 0) is 36.4 Å². The zero-order valence-corrected chi connectivity index (χ0v) is 14.7. The second kappa shape index (κ2) is 6.79. The van der Waals surface area contributed by atoms with Gasteiger partial charge in [-0.1, -0.05) is 23.6 Å². The van der Waals surface area contributed by atoms with Crippen molar-refractivity contribution in [1.82, 2.24) is 14.5 Å². The summed E-state index contributed by atoms with van der Waals surface area (Å²) in [4.78, 5) is 4.87. The number of pyridine rings is 1. The lowest BCUT2D eigenvalue weighted by atomic mass is 10.2. The average molecular weight is 351 g/mol. The number of piperazine rings is 1. The van der Waals surface area contributed by atoms with E-state index >= 15 is 0 Å². The molecule has 3 heterocycles. The van der Waals surface area contributed by atoms with Crippen molar-refractivity contribution in [1.29, 1.82) is 0 Å². The molecule has 0 aliphatic carbocycles. The average Bonchev–Trinajstić information content (AvgIpc) is 3.06. The molecular weight excluding hydrogens is 332 g/mol. The topological polar surface area (TPSA) is 23.8 Å². The summed E-state index contributed by atoms with van der Waals surface area (Å²) in [6.07, 6.45) is 7.49. The Bertz CT molecular complexity index is 915. The number of benzene rings is 1. The van der Waals surface area contributed by atoms with Crippen molar-refractivity contribution in [3.63, 3.8) is 0 Å². The van der Waals surface area contributed by atoms with Crippen LogP contribution < -0.4 is 4.90 Å². The Morgan fingerprint density at radius 1 is 1.04 bits per heavy atom. The molecule has 3 aromatic rings. The van der Waals surface area contributed by atoms with Crippen LogP contribution in [0.15, 0.2) is 48.7 Å². The number of hydrogen-bond acceptors (Lipinski definition) is 3. The lowest BCUT2D eigenvalue weighted by Gasteiger charge is -2.36. The molecule has 4 nitrogen and oxygen atoms in total. The van der Waals surface area contributed by atoms with E-state index in [0.29, 0.717) is 0 Å². The zero-order valence-electron chi connectivity index (χ0n) is 13.9. The lowest BCUT2D eigenvalue weighted by Crippen LogP contribution is -2.45. The molecule has 1 aliphatic heterocycles. The maximum absolute atomic E-state index is 5.98. The molecule has 1 fully saturated rings. The van der Waals surface area contributed by atoms with Crippen LogP contribution in [0.4, 0.5) is 5.69 Å². The van der Waals surface area contributed by atoms with Crippen LogP contribution in [0.2, 0.25) is 5.02 Å². The van der Waals surface area contributed by atoms with Crippen molar-refractivity contribution in [2.24, 2.45) is 0 Å². The van der Waals surface area contributed by atoms with Gasteiger partial charge in [0.15, 0.2) is 0 Å². The van der Waals surface area contributed by atoms with E-state index < -0.39 is 0 Å². The third-order valence-electron chi connectivity index (χ3n) is 4.73. The van der Waals surface area contributed by atoms with E-state index in [4.69, 9.17) is 18.0 Å². The molecule has 0 saturated carbocycles. The Balaban J connectivity index is 1.44. The Kier molecular flexibility index (Phi) is 4.35. The highest BCUT2D eigenvalue weighted by Crippen LogP contribution is 2.21. The minimum absolute atomic E-state index is 0.779. The van der Waals surface area contributed by atoms with Gasteiger partial charge in [0.05, 0.1) is 11.7 Å². The smallest absolute Gasteiger partial charge is 0.115 e. The Labute approximate surface area is 152 Å². The summed E-state index contributed by atoms with van der Waals surface area (Å²) in [5, 5.41) is 5.23. The summed E-state index contributed by atoms with van der Waals surface area (Å²) < 4.78 is 1.85. The van der Waals surface area contributed by atoms with Crippen molar-refractivity contribution in [3.05, 3.63) is 64.9 Å². The molecule has 1 saturated heterocycles. The largest absolute Gasteiger partial charge is 0.369 e. The second-order valence-corrected chi connectivity index (χ2v) is 6.70. The summed E-state index contributed by atoms with van der Waals surface area (Å²) in [5.74, 6) is 2.69. The third-order valence-corrected chi connectivity index (χ3v) is 4.98. The molecule has 2 aromatic heterocycles. The van der Waals surface area contributed by atoms with Gasteiger partial charge in [0, 0.05) is 49.0 Å². The summed E-state index contributed by atoms with van der Waals surface area (Å²) >= 11 is 5.98. The highest BCUT2D eigenvalue weighted by atomic mass is 35.5. The lowest BCUT2D eigenvalue weighted by molar-refractivity contribution is 0.250. The molecule has 4 rings (SSSR count). The summed E-state index contributed by atoms with van der Waals surface area (Å²) in [6, 6.07) is 14.1. The summed E-state index contributed by atoms with van der Waals surface area (Å²) in [6.45, 7) is 4.96. The fraction of sp³-hybridized carbons (Fsp3) is 0.250. The fourth-order valence-corrected chi connectivity index (χ4v) is 3.48. The van der Waals surface area contributed by atoms with Gasteiger partial charge in [0.2, 0.25) is 0 Å². The number of fused-ring (bicyclic) bond motifs is 1. The van der Waals surface area contributed by atoms with Crippen molar-refractivity contribution in [2.75, 3.05) is 31.1 Å². The van der Waals surface area contributed by atoms with E-state index in [1.807, 2.05) is 35.0 Å². The first-order chi connectivity index (χ1) is 12.2. The summed E-state index contributed by atoms with van der Waals surface area (Å²) in [7, 11) is 0. The predicted octanol–water partition coefficient (Wildman–Crippen LogP) is 3.29. The fourth-order valence-electron chi connectivity index (χ4n) is 3.35. The first-order valence-corrected chi connectivity index (χ1v) is 8.77. The number of halogens is 1. The molecule has 0 unspecified atom stereocenters. The molecule has 0 atom stereocenters. The molecule has 5 heteroatoms. The van der Waals surface area contributed by atoms with Crippen molar-refractivity contribution in [3.8, 4) is 12.3 Å². The number of rotatable bonds is 3. The standard InChI is InChI=1S/C20H19ClN4/c1-2-18-4-3-5-20-16(14-22-25(18)20)15-23-10-12-24(13-11-23)19-8-6-17(21)7-9-19/h1,3-9,14H,10-13,15H2. The Morgan fingerprint density at radius 2 is 1.80 bits per heavy atom. The van der Waals surface area contributed by atoms with Crippen LogP contribution in [0.25, 0.3) is 5.52 Å². The van der Waals surface area contributed by atoms with Gasteiger partial charge in [-0.15, -0.1) is 6.42 Å². The first kappa shape index (κ1) is 16.0. The molecule has 0 amide bonds. The number of nitrogens with zero attached hydrogens (tertiary/aromatic N) is 4. The summed E-state index contributed by atoms with van der Waals surface area (Å²) in [5.41, 5.74) is 4.34. The monoisotopic (exact) mass is 350 g/mol. The maximum Gasteiger partial charge on any atom is 0.115 e. The molecule has 1 aliphatic rings. The van der Waals surface area contributed by atoms with Gasteiger partial charge in [-0.2, -0.15) is 5.10 Å². The van der Waals surface area contributed by atoms with Crippen molar-refractivity contribution >= 4 is 22.8 Å². The highest BCUT2D eigenvalue weighted by Gasteiger charge is 2.18. The zero-order chi connectivity index (χ0) is 17.2. The van der Waals surface area contributed by atoms with Gasteiger partial charge >= 0.3 is 0 Å². The van der Waals surface area contributed by atoms with E-state index in [1.165, 1.54) is 11.3 Å². The number of aromatic nitrogens is 2. The quantitative estimate of drug-likeness (QED) is 0.677. The SMILES string of the molecule is C#Cc1cccc2c(CN3CCN(c4ccc(Cl)cc4)CC3)cnn12. The molecule has 25 heavy (non-hydrogen) atoms. The van der Waals surface area contributed by atoms with Gasteiger partial charge in [-0.25, -0.2) is 4.52 Å². The van der Waals surface area contributed by atoms with E-state index in [9.17, 15) is 0 Å². The first-order valence-electron chi connectivity index (χ1n) is 8.40. The molecule has 0 radical (unpaired) electrons. The van der Waals surface area contributed by atoms with Crippen molar-refractivity contribution in [2.45, 2.75) is 6.54 Å². The van der Waals surface area contributed by atoms with E-state index in [2.05, 4.69) is 39.0 Å². The molecule has 0 N–H and O–H groups in total. The van der Waals surface area contributed by atoms with Crippen LogP contribution >= 0.6 is 11.6 Å². The minimum Gasteiger partial charge on any atom is -0.369 e. The third kappa shape index (κ3) is 3.21. The maximum atomic E-state index is 5.98. The van der Waals surface area contributed by atoms with Crippen molar-refractivity contribution < 1.29 is 0 Å². The molecular formula is C20H19ClN4. The molecule has 0 spiro atoms. The van der Waals surface area contributed by atoms with Crippen LogP contribution in [0.1, 0.15) is 11.3 Å². The Hall–Kier alpha value is -2.48. The Morgan fingerprint density at radius 3 is 2.52 bits per heavy atom. The molecule has 126 valence electrons. The van der Waals surface area contributed by atoms with Gasteiger partial charge in [0.25, 0.3) is 0 Å². The van der Waals surface area contributed by atoms with E-state index in [-0.39, 0.29) is 0 Å². The van der Waals surface area contributed by atoms with Gasteiger partial charge < -0.3 is 4.90 Å². The number of terminal acetylenes is 1.